The smallest absolute Gasteiger partial charge is 0.208 e. The van der Waals surface area contributed by atoms with E-state index >= 15 is 0 Å². The van der Waals surface area contributed by atoms with Crippen LogP contribution in [0.25, 0.3) is 0 Å². The third-order valence-corrected chi connectivity index (χ3v) is 6.09. The van der Waals surface area contributed by atoms with Gasteiger partial charge in [0.2, 0.25) is 10.0 Å². The number of rotatable bonds is 6. The Morgan fingerprint density at radius 1 is 1.33 bits per heavy atom. The number of sulfonamides is 1. The first-order valence-corrected chi connectivity index (χ1v) is 10.6. The normalized spacial score (nSPS) is 28.0. The van der Waals surface area contributed by atoms with Crippen LogP contribution in [0, 0.1) is 12.3 Å². The molecule has 1 N–H and O–H groups in total. The van der Waals surface area contributed by atoms with Gasteiger partial charge in [0.15, 0.2) is 0 Å². The van der Waals surface area contributed by atoms with Crippen molar-refractivity contribution in [2.24, 2.45) is 5.41 Å². The Bertz CT molecular complexity index is 659. The van der Waals surface area contributed by atoms with E-state index in [1.54, 1.807) is 0 Å². The molecule has 1 aromatic rings. The lowest BCUT2D eigenvalue weighted by molar-refractivity contribution is -0.0236. The summed E-state index contributed by atoms with van der Waals surface area (Å²) in [7, 11) is -3.13. The lowest BCUT2D eigenvalue weighted by atomic mass is 9.74. The molecule has 0 amide bonds. The summed E-state index contributed by atoms with van der Waals surface area (Å²) in [6.07, 6.45) is 4.39. The molecule has 2 atom stereocenters. The first-order chi connectivity index (χ1) is 11.4. The maximum atomic E-state index is 11.3. The topological polar surface area (TPSA) is 58.6 Å². The number of fused-ring (bicyclic) bond motifs is 1. The second-order valence-corrected chi connectivity index (χ2v) is 9.21. The van der Waals surface area contributed by atoms with Crippen molar-refractivity contribution in [1.82, 2.24) is 9.62 Å². The Labute approximate surface area is 145 Å². The zero-order valence-corrected chi connectivity index (χ0v) is 15.4. The van der Waals surface area contributed by atoms with Crippen molar-refractivity contribution in [3.05, 3.63) is 35.4 Å². The summed E-state index contributed by atoms with van der Waals surface area (Å²) in [5, 5.41) is 0. The van der Waals surface area contributed by atoms with Crippen LogP contribution in [-0.4, -0.2) is 51.9 Å². The summed E-state index contributed by atoms with van der Waals surface area (Å²) >= 11 is 0. The number of benzene rings is 1. The molecule has 2 fully saturated rings. The molecule has 0 aromatic heterocycles. The minimum atomic E-state index is -3.13. The van der Waals surface area contributed by atoms with Gasteiger partial charge in [-0.05, 0) is 31.7 Å². The van der Waals surface area contributed by atoms with Gasteiger partial charge in [0.25, 0.3) is 0 Å². The standard InChI is InChI=1S/C18H28N2O3S/c1-15-3-5-16(6-4-15)13-20-11-7-17-18(14-20,9-12-23-17)8-10-19-24(2,21)22/h3-6,17,19H,7-14H2,1-2H3/t17-,18+/m0/s1. The first kappa shape index (κ1) is 17.9. The summed E-state index contributed by atoms with van der Waals surface area (Å²) in [6.45, 7) is 6.37. The predicted molar refractivity (Wildman–Crippen MR) is 95.3 cm³/mol. The van der Waals surface area contributed by atoms with E-state index in [0.29, 0.717) is 6.54 Å². The van der Waals surface area contributed by atoms with Crippen molar-refractivity contribution in [2.45, 2.75) is 38.8 Å². The maximum absolute atomic E-state index is 11.3. The van der Waals surface area contributed by atoms with Crippen LogP contribution in [-0.2, 0) is 21.3 Å². The van der Waals surface area contributed by atoms with Crippen LogP contribution in [0.3, 0.4) is 0 Å². The highest BCUT2D eigenvalue weighted by atomic mass is 32.2. The van der Waals surface area contributed by atoms with Gasteiger partial charge in [-0.1, -0.05) is 29.8 Å². The van der Waals surface area contributed by atoms with E-state index < -0.39 is 10.0 Å². The van der Waals surface area contributed by atoms with Crippen LogP contribution in [0.4, 0.5) is 0 Å². The molecule has 0 radical (unpaired) electrons. The highest BCUT2D eigenvalue weighted by molar-refractivity contribution is 7.88. The molecule has 5 nitrogen and oxygen atoms in total. The second kappa shape index (κ2) is 7.12. The summed E-state index contributed by atoms with van der Waals surface area (Å²) < 4.78 is 31.3. The number of hydrogen-bond donors (Lipinski definition) is 1. The molecule has 0 aliphatic carbocycles. The number of aryl methyl sites for hydroxylation is 1. The van der Waals surface area contributed by atoms with Crippen molar-refractivity contribution >= 4 is 10.0 Å². The van der Waals surface area contributed by atoms with Crippen molar-refractivity contribution in [3.63, 3.8) is 0 Å². The summed E-state index contributed by atoms with van der Waals surface area (Å²) in [5.74, 6) is 0. The Kier molecular flexibility index (Phi) is 5.30. The molecule has 24 heavy (non-hydrogen) atoms. The van der Waals surface area contributed by atoms with E-state index in [0.717, 1.165) is 45.5 Å². The van der Waals surface area contributed by atoms with Crippen molar-refractivity contribution in [3.8, 4) is 0 Å². The van der Waals surface area contributed by atoms with Crippen LogP contribution < -0.4 is 4.72 Å². The van der Waals surface area contributed by atoms with Gasteiger partial charge in [-0.15, -0.1) is 0 Å². The van der Waals surface area contributed by atoms with E-state index in [1.165, 1.54) is 17.4 Å². The number of ether oxygens (including phenoxy) is 1. The molecule has 0 saturated carbocycles. The number of nitrogens with zero attached hydrogens (tertiary/aromatic N) is 1. The third-order valence-electron chi connectivity index (χ3n) is 5.36. The van der Waals surface area contributed by atoms with Crippen molar-refractivity contribution in [2.75, 3.05) is 32.5 Å². The monoisotopic (exact) mass is 352 g/mol. The molecule has 6 heteroatoms. The van der Waals surface area contributed by atoms with Gasteiger partial charge in [-0.2, -0.15) is 0 Å². The average Bonchev–Trinajstić information content (AvgIpc) is 2.91. The predicted octanol–water partition coefficient (Wildman–Crippen LogP) is 1.92. The SMILES string of the molecule is Cc1ccc(CN2CC[C@@H]3OCC[C@]3(CCNS(C)(=O)=O)C2)cc1. The lowest BCUT2D eigenvalue weighted by Crippen LogP contribution is -2.50. The van der Waals surface area contributed by atoms with Crippen molar-refractivity contribution in [1.29, 1.82) is 0 Å². The Balaban J connectivity index is 1.64. The minimum Gasteiger partial charge on any atom is -0.378 e. The maximum Gasteiger partial charge on any atom is 0.208 e. The van der Waals surface area contributed by atoms with E-state index in [1.807, 2.05) is 0 Å². The van der Waals surface area contributed by atoms with E-state index in [2.05, 4.69) is 40.8 Å². The fourth-order valence-electron chi connectivity index (χ4n) is 4.07. The first-order valence-electron chi connectivity index (χ1n) is 8.70. The van der Waals surface area contributed by atoms with Crippen LogP contribution in [0.2, 0.25) is 0 Å². The average molecular weight is 353 g/mol. The Hall–Kier alpha value is -0.950. The molecule has 3 rings (SSSR count). The van der Waals surface area contributed by atoms with Crippen LogP contribution in [0.1, 0.15) is 30.4 Å². The molecule has 2 saturated heterocycles. The largest absolute Gasteiger partial charge is 0.378 e. The molecule has 1 aromatic carbocycles. The second-order valence-electron chi connectivity index (χ2n) is 7.37. The van der Waals surface area contributed by atoms with Crippen molar-refractivity contribution < 1.29 is 13.2 Å². The summed E-state index contributed by atoms with van der Waals surface area (Å²) in [4.78, 5) is 2.50. The summed E-state index contributed by atoms with van der Waals surface area (Å²) in [5.41, 5.74) is 2.70. The van der Waals surface area contributed by atoms with Crippen LogP contribution >= 0.6 is 0 Å². The molecular formula is C18H28N2O3S. The molecule has 134 valence electrons. The number of piperidine rings is 1. The molecule has 0 unspecified atom stereocenters. The fraction of sp³-hybridized carbons (Fsp3) is 0.667. The van der Waals surface area contributed by atoms with Gasteiger partial charge in [-0.3, -0.25) is 4.90 Å². The van der Waals surface area contributed by atoms with E-state index in [4.69, 9.17) is 4.74 Å². The van der Waals surface area contributed by atoms with Gasteiger partial charge in [0.1, 0.15) is 0 Å². The van der Waals surface area contributed by atoms with Gasteiger partial charge in [0, 0.05) is 38.2 Å². The zero-order valence-electron chi connectivity index (χ0n) is 14.6. The van der Waals surface area contributed by atoms with Gasteiger partial charge >= 0.3 is 0 Å². The number of hydrogen-bond acceptors (Lipinski definition) is 4. The lowest BCUT2D eigenvalue weighted by Gasteiger charge is -2.44. The molecule has 0 spiro atoms. The molecular weight excluding hydrogens is 324 g/mol. The van der Waals surface area contributed by atoms with Crippen LogP contribution in [0.5, 0.6) is 0 Å². The van der Waals surface area contributed by atoms with Gasteiger partial charge in [0.05, 0.1) is 12.4 Å². The zero-order chi connectivity index (χ0) is 17.2. The van der Waals surface area contributed by atoms with Gasteiger partial charge < -0.3 is 4.74 Å². The molecule has 2 aliphatic heterocycles. The van der Waals surface area contributed by atoms with E-state index in [-0.39, 0.29) is 11.5 Å². The highest BCUT2D eigenvalue weighted by Crippen LogP contribution is 2.43. The minimum absolute atomic E-state index is 0.0840. The molecule has 2 heterocycles. The third kappa shape index (κ3) is 4.36. The van der Waals surface area contributed by atoms with Crippen LogP contribution in [0.15, 0.2) is 24.3 Å². The highest BCUT2D eigenvalue weighted by Gasteiger charge is 2.47. The number of likely N-dealkylation sites (tertiary alicyclic amines) is 1. The Morgan fingerprint density at radius 3 is 2.79 bits per heavy atom. The fourth-order valence-corrected chi connectivity index (χ4v) is 4.55. The quantitative estimate of drug-likeness (QED) is 0.850. The molecule has 2 aliphatic rings. The van der Waals surface area contributed by atoms with Gasteiger partial charge in [-0.25, -0.2) is 13.1 Å². The Morgan fingerprint density at radius 2 is 2.08 bits per heavy atom. The van der Waals surface area contributed by atoms with E-state index in [9.17, 15) is 8.42 Å². The number of nitrogens with one attached hydrogen (secondary N) is 1. The molecule has 0 bridgehead atoms. The summed E-state index contributed by atoms with van der Waals surface area (Å²) in [6, 6.07) is 8.72.